The van der Waals surface area contributed by atoms with E-state index in [1.54, 1.807) is 4.90 Å². The smallest absolute Gasteiger partial charge is 0.239 e. The van der Waals surface area contributed by atoms with Crippen molar-refractivity contribution in [3.8, 4) is 0 Å². The summed E-state index contributed by atoms with van der Waals surface area (Å²) in [6.07, 6.45) is 2.25. The van der Waals surface area contributed by atoms with Gasteiger partial charge in [0.25, 0.3) is 0 Å². The zero-order chi connectivity index (χ0) is 12.7. The lowest BCUT2D eigenvalue weighted by Crippen LogP contribution is -2.52. The number of hydrogen-bond donors (Lipinski definition) is 1. The first kappa shape index (κ1) is 14.0. The maximum absolute atomic E-state index is 12.0. The van der Waals surface area contributed by atoms with Crippen LogP contribution in [0, 0.1) is 0 Å². The van der Waals surface area contributed by atoms with Gasteiger partial charge in [-0.3, -0.25) is 14.5 Å². The Morgan fingerprint density at radius 3 is 2.82 bits per heavy atom. The van der Waals surface area contributed by atoms with E-state index in [4.69, 9.17) is 0 Å². The number of likely N-dealkylation sites (N-methyl/N-ethyl adjacent to an activating group) is 1. The number of piperazine rings is 1. The largest absolute Gasteiger partial charge is 0.353 e. The summed E-state index contributed by atoms with van der Waals surface area (Å²) in [4.78, 5) is 27.0. The van der Waals surface area contributed by atoms with Crippen LogP contribution >= 0.6 is 0 Å². The quantitative estimate of drug-likeness (QED) is 0.716. The van der Waals surface area contributed by atoms with E-state index in [0.29, 0.717) is 19.6 Å². The summed E-state index contributed by atoms with van der Waals surface area (Å²) >= 11 is 0. The molecule has 17 heavy (non-hydrogen) atoms. The predicted octanol–water partition coefficient (Wildman–Crippen LogP) is 0.0668. The van der Waals surface area contributed by atoms with E-state index in [-0.39, 0.29) is 18.4 Å². The van der Waals surface area contributed by atoms with Crippen LogP contribution in [0.25, 0.3) is 0 Å². The molecule has 1 saturated heterocycles. The molecule has 0 unspecified atom stereocenters. The van der Waals surface area contributed by atoms with Gasteiger partial charge in [-0.2, -0.15) is 0 Å². The zero-order valence-corrected chi connectivity index (χ0v) is 10.9. The lowest BCUT2D eigenvalue weighted by Gasteiger charge is -2.29. The third-order valence-corrected chi connectivity index (χ3v) is 3.03. The molecule has 0 atom stereocenters. The highest BCUT2D eigenvalue weighted by Crippen LogP contribution is 1.99. The summed E-state index contributed by atoms with van der Waals surface area (Å²) in [6.45, 7) is 7.90. The average Bonchev–Trinajstić information content (AvgIpc) is 2.34. The van der Waals surface area contributed by atoms with Crippen molar-refractivity contribution in [2.75, 3.05) is 39.3 Å². The van der Waals surface area contributed by atoms with Crippen molar-refractivity contribution < 1.29 is 9.59 Å². The summed E-state index contributed by atoms with van der Waals surface area (Å²) in [5, 5.41) is 2.72. The minimum atomic E-state index is -0.0544. The standard InChI is InChI=1S/C12H23N3O2/c1-3-5-7-14(4-2)10-12(17)15-8-6-13-11(16)9-15/h3-10H2,1-2H3,(H,13,16). The lowest BCUT2D eigenvalue weighted by molar-refractivity contribution is -0.139. The average molecular weight is 241 g/mol. The van der Waals surface area contributed by atoms with Gasteiger partial charge in [0, 0.05) is 13.1 Å². The molecule has 0 spiro atoms. The molecular formula is C12H23N3O2. The Morgan fingerprint density at radius 2 is 2.24 bits per heavy atom. The Labute approximate surface area is 103 Å². The van der Waals surface area contributed by atoms with Crippen LogP contribution in [0.2, 0.25) is 0 Å². The van der Waals surface area contributed by atoms with Gasteiger partial charge in [0.15, 0.2) is 0 Å². The molecule has 0 bridgehead atoms. The molecule has 5 nitrogen and oxygen atoms in total. The van der Waals surface area contributed by atoms with Gasteiger partial charge in [0.2, 0.25) is 11.8 Å². The van der Waals surface area contributed by atoms with Gasteiger partial charge in [-0.25, -0.2) is 0 Å². The third-order valence-electron chi connectivity index (χ3n) is 3.03. The summed E-state index contributed by atoms with van der Waals surface area (Å²) in [7, 11) is 0. The SMILES string of the molecule is CCCCN(CC)CC(=O)N1CCNC(=O)C1. The molecule has 0 radical (unpaired) electrons. The van der Waals surface area contributed by atoms with Crippen LogP contribution in [0.3, 0.4) is 0 Å². The third kappa shape index (κ3) is 4.73. The van der Waals surface area contributed by atoms with Crippen LogP contribution in [-0.2, 0) is 9.59 Å². The molecule has 1 fully saturated rings. The predicted molar refractivity (Wildman–Crippen MR) is 66.6 cm³/mol. The second kappa shape index (κ2) is 7.27. The summed E-state index contributed by atoms with van der Waals surface area (Å²) in [5.74, 6) is 0.0130. The minimum absolute atomic E-state index is 0.0544. The van der Waals surface area contributed by atoms with Gasteiger partial charge in [0.05, 0.1) is 13.1 Å². The molecule has 0 aliphatic carbocycles. The summed E-state index contributed by atoms with van der Waals surface area (Å²) < 4.78 is 0. The Balaban J connectivity index is 2.37. The number of carbonyl (C=O) groups excluding carboxylic acids is 2. The van der Waals surface area contributed by atoms with Crippen molar-refractivity contribution in [1.82, 2.24) is 15.1 Å². The fourth-order valence-corrected chi connectivity index (χ4v) is 1.87. The monoisotopic (exact) mass is 241 g/mol. The van der Waals surface area contributed by atoms with E-state index in [1.165, 1.54) is 0 Å². The number of rotatable bonds is 6. The van der Waals surface area contributed by atoms with Crippen molar-refractivity contribution >= 4 is 11.8 Å². The van der Waals surface area contributed by atoms with Gasteiger partial charge in [-0.05, 0) is 19.5 Å². The first-order valence-corrected chi connectivity index (χ1v) is 6.44. The van der Waals surface area contributed by atoms with Crippen LogP contribution < -0.4 is 5.32 Å². The van der Waals surface area contributed by atoms with Crippen molar-refractivity contribution in [2.45, 2.75) is 26.7 Å². The van der Waals surface area contributed by atoms with Gasteiger partial charge in [-0.1, -0.05) is 20.3 Å². The second-order valence-corrected chi connectivity index (χ2v) is 4.39. The highest BCUT2D eigenvalue weighted by Gasteiger charge is 2.22. The van der Waals surface area contributed by atoms with E-state index in [2.05, 4.69) is 24.1 Å². The van der Waals surface area contributed by atoms with Crippen molar-refractivity contribution in [1.29, 1.82) is 0 Å². The second-order valence-electron chi connectivity index (χ2n) is 4.39. The molecular weight excluding hydrogens is 218 g/mol. The Bertz CT molecular complexity index is 268. The first-order chi connectivity index (χ1) is 8.17. The minimum Gasteiger partial charge on any atom is -0.353 e. The highest BCUT2D eigenvalue weighted by molar-refractivity contribution is 5.86. The van der Waals surface area contributed by atoms with Crippen molar-refractivity contribution in [3.05, 3.63) is 0 Å². The topological polar surface area (TPSA) is 52.7 Å². The van der Waals surface area contributed by atoms with Crippen LogP contribution in [0.5, 0.6) is 0 Å². The molecule has 1 N–H and O–H groups in total. The number of nitrogens with zero attached hydrogens (tertiary/aromatic N) is 2. The maximum Gasteiger partial charge on any atom is 0.239 e. The zero-order valence-electron chi connectivity index (χ0n) is 10.9. The van der Waals surface area contributed by atoms with Crippen LogP contribution in [0.15, 0.2) is 0 Å². The Hall–Kier alpha value is -1.10. The van der Waals surface area contributed by atoms with Crippen LogP contribution in [0.4, 0.5) is 0 Å². The molecule has 1 heterocycles. The van der Waals surface area contributed by atoms with E-state index in [1.807, 2.05) is 0 Å². The van der Waals surface area contributed by atoms with Gasteiger partial charge in [0.1, 0.15) is 0 Å². The molecule has 0 aromatic rings. The molecule has 98 valence electrons. The Morgan fingerprint density at radius 1 is 1.47 bits per heavy atom. The van der Waals surface area contributed by atoms with E-state index in [9.17, 15) is 9.59 Å². The molecule has 1 aliphatic rings. The number of unbranched alkanes of at least 4 members (excludes halogenated alkanes) is 1. The Kier molecular flexibility index (Phi) is 5.97. The fourth-order valence-electron chi connectivity index (χ4n) is 1.87. The van der Waals surface area contributed by atoms with Gasteiger partial charge >= 0.3 is 0 Å². The number of nitrogens with one attached hydrogen (secondary N) is 1. The van der Waals surface area contributed by atoms with E-state index in [0.717, 1.165) is 25.9 Å². The van der Waals surface area contributed by atoms with Crippen LogP contribution in [0.1, 0.15) is 26.7 Å². The summed E-state index contributed by atoms with van der Waals surface area (Å²) in [6, 6.07) is 0. The number of amides is 2. The molecule has 0 aromatic heterocycles. The first-order valence-electron chi connectivity index (χ1n) is 6.44. The molecule has 1 aliphatic heterocycles. The normalized spacial score (nSPS) is 16.2. The molecule has 0 saturated carbocycles. The van der Waals surface area contributed by atoms with Crippen LogP contribution in [-0.4, -0.2) is 60.9 Å². The fraction of sp³-hybridized carbons (Fsp3) is 0.833. The number of hydrogen-bond acceptors (Lipinski definition) is 3. The molecule has 2 amide bonds. The van der Waals surface area contributed by atoms with E-state index >= 15 is 0 Å². The molecule has 5 heteroatoms. The lowest BCUT2D eigenvalue weighted by atomic mass is 10.3. The molecule has 1 rings (SSSR count). The van der Waals surface area contributed by atoms with Crippen molar-refractivity contribution in [3.63, 3.8) is 0 Å². The summed E-state index contributed by atoms with van der Waals surface area (Å²) in [5.41, 5.74) is 0. The number of carbonyl (C=O) groups is 2. The van der Waals surface area contributed by atoms with Gasteiger partial charge in [-0.15, -0.1) is 0 Å². The van der Waals surface area contributed by atoms with E-state index < -0.39 is 0 Å². The highest BCUT2D eigenvalue weighted by atomic mass is 16.2. The maximum atomic E-state index is 12.0. The molecule has 0 aromatic carbocycles. The van der Waals surface area contributed by atoms with Crippen molar-refractivity contribution in [2.24, 2.45) is 0 Å². The van der Waals surface area contributed by atoms with Gasteiger partial charge < -0.3 is 10.2 Å².